The van der Waals surface area contributed by atoms with Crippen LogP contribution in [-0.4, -0.2) is 9.97 Å². The van der Waals surface area contributed by atoms with Crippen molar-refractivity contribution in [2.75, 3.05) is 5.32 Å². The van der Waals surface area contributed by atoms with Crippen molar-refractivity contribution < 1.29 is 4.42 Å². The van der Waals surface area contributed by atoms with Crippen LogP contribution in [0.1, 0.15) is 11.3 Å². The van der Waals surface area contributed by atoms with E-state index in [9.17, 15) is 5.26 Å². The minimum absolute atomic E-state index is 0.242. The molecule has 0 bridgehead atoms. The molecular formula is C20H14N4O. The van der Waals surface area contributed by atoms with Gasteiger partial charge in [0.05, 0.1) is 0 Å². The standard InChI is InChI=1S/C20H14N4O/c21-11-18-20(23-13-14-5-4-10-22-12-14)25-19(24-18)17-9-3-7-15-6-1-2-8-16(15)17/h1-10,12,23H,13H2. The molecule has 0 unspecified atom stereocenters. The summed E-state index contributed by atoms with van der Waals surface area (Å²) >= 11 is 0. The Labute approximate surface area is 144 Å². The third kappa shape index (κ3) is 2.93. The molecule has 25 heavy (non-hydrogen) atoms. The molecule has 0 aliphatic carbocycles. The van der Waals surface area contributed by atoms with Crippen molar-refractivity contribution in [3.8, 4) is 17.5 Å². The van der Waals surface area contributed by atoms with Gasteiger partial charge in [0, 0.05) is 24.5 Å². The van der Waals surface area contributed by atoms with E-state index in [1.165, 1.54) is 0 Å². The monoisotopic (exact) mass is 326 g/mol. The Kier molecular flexibility index (Phi) is 3.85. The van der Waals surface area contributed by atoms with E-state index < -0.39 is 0 Å². The first-order valence-corrected chi connectivity index (χ1v) is 7.87. The fraction of sp³-hybridized carbons (Fsp3) is 0.0500. The number of aromatic nitrogens is 2. The van der Waals surface area contributed by atoms with Crippen LogP contribution in [-0.2, 0) is 6.54 Å². The first-order chi connectivity index (χ1) is 12.3. The molecule has 1 N–H and O–H groups in total. The number of rotatable bonds is 4. The molecule has 2 aromatic carbocycles. The lowest BCUT2D eigenvalue weighted by atomic mass is 10.0. The molecule has 0 saturated heterocycles. The van der Waals surface area contributed by atoms with Gasteiger partial charge < -0.3 is 9.73 Å². The zero-order chi connectivity index (χ0) is 17.1. The van der Waals surface area contributed by atoms with Gasteiger partial charge in [-0.25, -0.2) is 0 Å². The minimum Gasteiger partial charge on any atom is -0.419 e. The molecule has 4 rings (SSSR count). The van der Waals surface area contributed by atoms with Gasteiger partial charge in [-0.3, -0.25) is 4.98 Å². The van der Waals surface area contributed by atoms with Crippen LogP contribution in [0, 0.1) is 11.3 Å². The number of nitrogens with zero attached hydrogens (tertiary/aromatic N) is 3. The van der Waals surface area contributed by atoms with Gasteiger partial charge in [0.15, 0.2) is 0 Å². The van der Waals surface area contributed by atoms with Crippen molar-refractivity contribution in [2.24, 2.45) is 0 Å². The summed E-state index contributed by atoms with van der Waals surface area (Å²) < 4.78 is 5.86. The summed E-state index contributed by atoms with van der Waals surface area (Å²) in [6.07, 6.45) is 3.48. The average molecular weight is 326 g/mol. The molecule has 0 aliphatic heterocycles. The summed E-state index contributed by atoms with van der Waals surface area (Å²) in [5, 5.41) is 14.6. The lowest BCUT2D eigenvalue weighted by Gasteiger charge is -2.03. The van der Waals surface area contributed by atoms with E-state index in [1.54, 1.807) is 12.4 Å². The second kappa shape index (κ2) is 6.46. The quantitative estimate of drug-likeness (QED) is 0.602. The largest absolute Gasteiger partial charge is 0.419 e. The van der Waals surface area contributed by atoms with Crippen molar-refractivity contribution >= 4 is 16.7 Å². The smallest absolute Gasteiger partial charge is 0.232 e. The fourth-order valence-corrected chi connectivity index (χ4v) is 2.73. The summed E-state index contributed by atoms with van der Waals surface area (Å²) in [4.78, 5) is 8.43. The van der Waals surface area contributed by atoms with Gasteiger partial charge in [-0.1, -0.05) is 42.5 Å². The van der Waals surface area contributed by atoms with Crippen molar-refractivity contribution in [1.82, 2.24) is 9.97 Å². The lowest BCUT2D eigenvalue weighted by molar-refractivity contribution is 0.585. The van der Waals surface area contributed by atoms with E-state index in [2.05, 4.69) is 21.4 Å². The fourth-order valence-electron chi connectivity index (χ4n) is 2.73. The number of hydrogen-bond acceptors (Lipinski definition) is 5. The first kappa shape index (κ1) is 14.9. The van der Waals surface area contributed by atoms with Crippen molar-refractivity contribution in [3.63, 3.8) is 0 Å². The SMILES string of the molecule is N#Cc1nc(-c2cccc3ccccc23)oc1NCc1cccnc1. The van der Waals surface area contributed by atoms with Crippen LogP contribution in [0.15, 0.2) is 71.4 Å². The minimum atomic E-state index is 0.242. The Morgan fingerprint density at radius 1 is 1.04 bits per heavy atom. The number of benzene rings is 2. The predicted octanol–water partition coefficient (Wildman–Crippen LogP) is 4.37. The molecular weight excluding hydrogens is 312 g/mol. The van der Waals surface area contributed by atoms with Crippen molar-refractivity contribution in [2.45, 2.75) is 6.54 Å². The maximum absolute atomic E-state index is 9.36. The zero-order valence-corrected chi connectivity index (χ0v) is 13.3. The van der Waals surface area contributed by atoms with E-state index in [0.29, 0.717) is 18.3 Å². The maximum Gasteiger partial charge on any atom is 0.232 e. The summed E-state index contributed by atoms with van der Waals surface area (Å²) in [5.74, 6) is 0.802. The number of oxazole rings is 1. The molecule has 0 radical (unpaired) electrons. The molecule has 120 valence electrons. The second-order valence-corrected chi connectivity index (χ2v) is 5.55. The average Bonchev–Trinajstić information content (AvgIpc) is 3.10. The molecule has 5 heteroatoms. The normalized spacial score (nSPS) is 10.5. The van der Waals surface area contributed by atoms with Gasteiger partial charge in [0.1, 0.15) is 6.07 Å². The molecule has 2 aromatic heterocycles. The van der Waals surface area contributed by atoms with Crippen LogP contribution in [0.2, 0.25) is 0 Å². The summed E-state index contributed by atoms with van der Waals surface area (Å²) in [7, 11) is 0. The highest BCUT2D eigenvalue weighted by Crippen LogP contribution is 2.31. The van der Waals surface area contributed by atoms with Gasteiger partial charge in [-0.15, -0.1) is 0 Å². The maximum atomic E-state index is 9.36. The predicted molar refractivity (Wildman–Crippen MR) is 95.7 cm³/mol. The van der Waals surface area contributed by atoms with E-state index in [0.717, 1.165) is 21.9 Å². The van der Waals surface area contributed by atoms with Gasteiger partial charge >= 0.3 is 0 Å². The Bertz CT molecular complexity index is 1060. The molecule has 0 atom stereocenters. The number of fused-ring (bicyclic) bond motifs is 1. The van der Waals surface area contributed by atoms with Crippen LogP contribution >= 0.6 is 0 Å². The van der Waals surface area contributed by atoms with Crippen LogP contribution < -0.4 is 5.32 Å². The van der Waals surface area contributed by atoms with Gasteiger partial charge in [0.2, 0.25) is 17.5 Å². The number of anilines is 1. The topological polar surface area (TPSA) is 74.7 Å². The number of nitrogens with one attached hydrogen (secondary N) is 1. The van der Waals surface area contributed by atoms with Crippen LogP contribution in [0.5, 0.6) is 0 Å². The number of nitriles is 1. The van der Waals surface area contributed by atoms with Gasteiger partial charge in [0.25, 0.3) is 0 Å². The first-order valence-electron chi connectivity index (χ1n) is 7.87. The highest BCUT2D eigenvalue weighted by Gasteiger charge is 2.16. The third-order valence-electron chi connectivity index (χ3n) is 3.93. The molecule has 4 aromatic rings. The summed E-state index contributed by atoms with van der Waals surface area (Å²) in [6.45, 7) is 0.507. The number of hydrogen-bond donors (Lipinski definition) is 1. The van der Waals surface area contributed by atoms with E-state index in [1.807, 2.05) is 54.6 Å². The van der Waals surface area contributed by atoms with Crippen molar-refractivity contribution in [3.05, 3.63) is 78.2 Å². The molecule has 0 spiro atoms. The molecule has 0 saturated carbocycles. The van der Waals surface area contributed by atoms with Crippen LogP contribution in [0.25, 0.3) is 22.2 Å². The van der Waals surface area contributed by atoms with E-state index in [-0.39, 0.29) is 5.69 Å². The highest BCUT2D eigenvalue weighted by molar-refractivity contribution is 5.94. The van der Waals surface area contributed by atoms with Crippen molar-refractivity contribution in [1.29, 1.82) is 5.26 Å². The Morgan fingerprint density at radius 2 is 1.92 bits per heavy atom. The number of pyridine rings is 1. The molecule has 0 aliphatic rings. The Hall–Kier alpha value is -3.65. The molecule has 0 amide bonds. The molecule has 0 fully saturated rings. The van der Waals surface area contributed by atoms with E-state index in [4.69, 9.17) is 4.42 Å². The second-order valence-electron chi connectivity index (χ2n) is 5.55. The molecule has 2 heterocycles. The van der Waals surface area contributed by atoms with E-state index >= 15 is 0 Å². The molecule has 5 nitrogen and oxygen atoms in total. The van der Waals surface area contributed by atoms with Crippen LogP contribution in [0.4, 0.5) is 5.88 Å². The highest BCUT2D eigenvalue weighted by atomic mass is 16.4. The Balaban J connectivity index is 1.70. The summed E-state index contributed by atoms with van der Waals surface area (Å²) in [5.41, 5.74) is 2.10. The summed E-state index contributed by atoms with van der Waals surface area (Å²) in [6, 6.07) is 19.9. The van der Waals surface area contributed by atoms with Crippen LogP contribution in [0.3, 0.4) is 0 Å². The third-order valence-corrected chi connectivity index (χ3v) is 3.93. The van der Waals surface area contributed by atoms with Gasteiger partial charge in [-0.05, 0) is 28.5 Å². The zero-order valence-electron chi connectivity index (χ0n) is 13.3. The lowest BCUT2D eigenvalue weighted by Crippen LogP contribution is -1.99. The van der Waals surface area contributed by atoms with Gasteiger partial charge in [-0.2, -0.15) is 10.2 Å². The Morgan fingerprint density at radius 3 is 2.76 bits per heavy atom.